The van der Waals surface area contributed by atoms with Gasteiger partial charge in [0.05, 0.1) is 0 Å². The molecule has 22 heavy (non-hydrogen) atoms. The van der Waals surface area contributed by atoms with Gasteiger partial charge in [0.1, 0.15) is 12.4 Å². The molecule has 0 bridgehead atoms. The van der Waals surface area contributed by atoms with Crippen LogP contribution in [0.1, 0.15) is 5.56 Å². The molecule has 0 spiro atoms. The van der Waals surface area contributed by atoms with Gasteiger partial charge in [-0.1, -0.05) is 23.7 Å². The minimum Gasteiger partial charge on any atom is -0.492 e. The molecule has 0 fully saturated rings. The average molecular weight is 320 g/mol. The Morgan fingerprint density at radius 3 is 2.86 bits per heavy atom. The molecule has 116 valence electrons. The minimum absolute atomic E-state index is 0.308. The maximum absolute atomic E-state index is 5.93. The first kappa shape index (κ1) is 15.0. The lowest BCUT2D eigenvalue weighted by Crippen LogP contribution is -2.23. The number of rotatable bonds is 6. The Balaban J connectivity index is 1.47. The van der Waals surface area contributed by atoms with Crippen LogP contribution in [-0.4, -0.2) is 31.9 Å². The van der Waals surface area contributed by atoms with Crippen LogP contribution >= 0.6 is 11.6 Å². The number of hydrogen-bond donors (Lipinski definition) is 0. The molecule has 0 saturated heterocycles. The summed E-state index contributed by atoms with van der Waals surface area (Å²) in [5.41, 5.74) is 1.19. The molecule has 1 aliphatic rings. The first-order valence-corrected chi connectivity index (χ1v) is 7.54. The molecule has 4 nitrogen and oxygen atoms in total. The van der Waals surface area contributed by atoms with Crippen LogP contribution < -0.4 is 14.2 Å². The molecule has 1 heterocycles. The van der Waals surface area contributed by atoms with Gasteiger partial charge in [-0.3, -0.25) is 4.90 Å². The predicted octanol–water partition coefficient (Wildman–Crippen LogP) is 3.58. The second-order valence-corrected chi connectivity index (χ2v) is 5.67. The van der Waals surface area contributed by atoms with Crippen LogP contribution in [0.25, 0.3) is 0 Å². The largest absolute Gasteiger partial charge is 0.492 e. The number of halogens is 1. The maximum atomic E-state index is 5.93. The van der Waals surface area contributed by atoms with E-state index in [0.717, 1.165) is 30.3 Å². The minimum atomic E-state index is 0.308. The van der Waals surface area contributed by atoms with E-state index >= 15 is 0 Å². The van der Waals surface area contributed by atoms with Gasteiger partial charge in [-0.05, 0) is 42.9 Å². The zero-order valence-electron chi connectivity index (χ0n) is 12.4. The molecule has 0 atom stereocenters. The summed E-state index contributed by atoms with van der Waals surface area (Å²) >= 11 is 5.93. The van der Waals surface area contributed by atoms with Crippen molar-refractivity contribution in [3.8, 4) is 17.2 Å². The summed E-state index contributed by atoms with van der Waals surface area (Å²) in [6.07, 6.45) is 0. The van der Waals surface area contributed by atoms with Gasteiger partial charge in [-0.15, -0.1) is 0 Å². The van der Waals surface area contributed by atoms with Crippen LogP contribution in [0.2, 0.25) is 5.02 Å². The number of nitrogens with zero attached hydrogens (tertiary/aromatic N) is 1. The van der Waals surface area contributed by atoms with Gasteiger partial charge < -0.3 is 14.2 Å². The highest BCUT2D eigenvalue weighted by molar-refractivity contribution is 6.30. The number of fused-ring (bicyclic) bond motifs is 1. The summed E-state index contributed by atoms with van der Waals surface area (Å²) in [4.78, 5) is 2.20. The van der Waals surface area contributed by atoms with Gasteiger partial charge in [0, 0.05) is 18.1 Å². The fourth-order valence-corrected chi connectivity index (χ4v) is 2.49. The third-order valence-corrected chi connectivity index (χ3v) is 3.66. The SMILES string of the molecule is CN(CCOc1cccc(Cl)c1)Cc1ccc2c(c1)OCO2. The lowest BCUT2D eigenvalue weighted by molar-refractivity contribution is 0.174. The van der Waals surface area contributed by atoms with Crippen molar-refractivity contribution >= 4 is 11.6 Å². The second kappa shape index (κ2) is 6.90. The van der Waals surface area contributed by atoms with Crippen molar-refractivity contribution in [1.29, 1.82) is 0 Å². The number of benzene rings is 2. The van der Waals surface area contributed by atoms with Crippen molar-refractivity contribution in [3.63, 3.8) is 0 Å². The Bertz CT molecular complexity index is 648. The van der Waals surface area contributed by atoms with Gasteiger partial charge in [-0.25, -0.2) is 0 Å². The molecule has 0 radical (unpaired) electrons. The molecular weight excluding hydrogens is 302 g/mol. The Kier molecular flexibility index (Phi) is 4.71. The smallest absolute Gasteiger partial charge is 0.231 e. The zero-order valence-corrected chi connectivity index (χ0v) is 13.2. The highest BCUT2D eigenvalue weighted by Crippen LogP contribution is 2.32. The summed E-state index contributed by atoms with van der Waals surface area (Å²) in [5.74, 6) is 2.43. The quantitative estimate of drug-likeness (QED) is 0.814. The molecule has 2 aromatic carbocycles. The maximum Gasteiger partial charge on any atom is 0.231 e. The molecule has 1 aliphatic heterocycles. The van der Waals surface area contributed by atoms with E-state index in [4.69, 9.17) is 25.8 Å². The van der Waals surface area contributed by atoms with Crippen LogP contribution in [0.4, 0.5) is 0 Å². The summed E-state index contributed by atoms with van der Waals surface area (Å²) < 4.78 is 16.4. The van der Waals surface area contributed by atoms with Crippen molar-refractivity contribution in [3.05, 3.63) is 53.1 Å². The lowest BCUT2D eigenvalue weighted by atomic mass is 10.2. The highest BCUT2D eigenvalue weighted by atomic mass is 35.5. The second-order valence-electron chi connectivity index (χ2n) is 5.23. The van der Waals surface area contributed by atoms with E-state index < -0.39 is 0 Å². The van der Waals surface area contributed by atoms with E-state index in [1.54, 1.807) is 0 Å². The van der Waals surface area contributed by atoms with Gasteiger partial charge in [0.2, 0.25) is 6.79 Å². The molecule has 0 N–H and O–H groups in total. The van der Waals surface area contributed by atoms with Crippen LogP contribution in [-0.2, 0) is 6.54 Å². The topological polar surface area (TPSA) is 30.9 Å². The Hall–Kier alpha value is -1.91. The summed E-state index contributed by atoms with van der Waals surface area (Å²) in [5, 5.41) is 0.686. The first-order valence-electron chi connectivity index (χ1n) is 7.16. The highest BCUT2D eigenvalue weighted by Gasteiger charge is 2.13. The van der Waals surface area contributed by atoms with Gasteiger partial charge in [0.25, 0.3) is 0 Å². The van der Waals surface area contributed by atoms with Gasteiger partial charge >= 0.3 is 0 Å². The van der Waals surface area contributed by atoms with Crippen LogP contribution in [0.3, 0.4) is 0 Å². The molecule has 0 aromatic heterocycles. The van der Waals surface area contributed by atoms with Crippen molar-refractivity contribution < 1.29 is 14.2 Å². The Labute approximate surface area is 135 Å². The molecule has 0 aliphatic carbocycles. The fourth-order valence-electron chi connectivity index (χ4n) is 2.31. The molecule has 0 saturated carbocycles. The molecule has 2 aromatic rings. The molecule has 0 unspecified atom stereocenters. The monoisotopic (exact) mass is 319 g/mol. The lowest BCUT2D eigenvalue weighted by Gasteiger charge is -2.17. The third kappa shape index (κ3) is 3.84. The Morgan fingerprint density at radius 1 is 1.14 bits per heavy atom. The van der Waals surface area contributed by atoms with Crippen LogP contribution in [0.5, 0.6) is 17.2 Å². The van der Waals surface area contributed by atoms with E-state index in [-0.39, 0.29) is 0 Å². The van der Waals surface area contributed by atoms with E-state index in [0.29, 0.717) is 18.4 Å². The Morgan fingerprint density at radius 2 is 2.00 bits per heavy atom. The number of likely N-dealkylation sites (N-methyl/N-ethyl adjacent to an activating group) is 1. The average Bonchev–Trinajstić information content (AvgIpc) is 2.95. The van der Waals surface area contributed by atoms with Crippen molar-refractivity contribution in [1.82, 2.24) is 4.90 Å². The normalized spacial score (nSPS) is 12.7. The van der Waals surface area contributed by atoms with E-state index in [1.165, 1.54) is 5.56 Å². The van der Waals surface area contributed by atoms with Gasteiger partial charge in [-0.2, -0.15) is 0 Å². The predicted molar refractivity (Wildman–Crippen MR) is 85.8 cm³/mol. The fraction of sp³-hybridized carbons (Fsp3) is 0.294. The molecular formula is C17H18ClNO3. The summed E-state index contributed by atoms with van der Waals surface area (Å²) in [6.45, 7) is 2.57. The van der Waals surface area contributed by atoms with Crippen molar-refractivity contribution in [2.75, 3.05) is 27.0 Å². The van der Waals surface area contributed by atoms with Gasteiger partial charge in [0.15, 0.2) is 11.5 Å². The molecule has 5 heteroatoms. The first-order chi connectivity index (χ1) is 10.7. The third-order valence-electron chi connectivity index (χ3n) is 3.43. The van der Waals surface area contributed by atoms with Crippen molar-refractivity contribution in [2.45, 2.75) is 6.54 Å². The zero-order chi connectivity index (χ0) is 15.4. The van der Waals surface area contributed by atoms with E-state index in [9.17, 15) is 0 Å². The standard InChI is InChI=1S/C17H18ClNO3/c1-19(7-8-20-15-4-2-3-14(18)10-15)11-13-5-6-16-17(9-13)22-12-21-16/h2-6,9-10H,7-8,11-12H2,1H3. The molecule has 3 rings (SSSR count). The van der Waals surface area contributed by atoms with Crippen LogP contribution in [0.15, 0.2) is 42.5 Å². The number of ether oxygens (including phenoxy) is 3. The summed E-state index contributed by atoms with van der Waals surface area (Å²) in [6, 6.07) is 13.5. The summed E-state index contributed by atoms with van der Waals surface area (Å²) in [7, 11) is 2.06. The van der Waals surface area contributed by atoms with Crippen molar-refractivity contribution in [2.24, 2.45) is 0 Å². The number of hydrogen-bond acceptors (Lipinski definition) is 4. The molecule has 0 amide bonds. The van der Waals surface area contributed by atoms with E-state index in [2.05, 4.69) is 18.0 Å². The van der Waals surface area contributed by atoms with Crippen LogP contribution in [0, 0.1) is 0 Å². The van der Waals surface area contributed by atoms with E-state index in [1.807, 2.05) is 36.4 Å².